The molecule has 0 bridgehead atoms. The number of hydrogen-bond donors (Lipinski definition) is 2. The van der Waals surface area contributed by atoms with Crippen LogP contribution in [0.15, 0.2) is 23.2 Å². The molecule has 1 heterocycles. The van der Waals surface area contributed by atoms with Gasteiger partial charge < -0.3 is 14.9 Å². The number of carbonyl (C=O) groups is 1. The third-order valence-electron chi connectivity index (χ3n) is 3.12. The van der Waals surface area contributed by atoms with Crippen LogP contribution in [0, 0.1) is 0 Å². The van der Waals surface area contributed by atoms with Gasteiger partial charge in [0.1, 0.15) is 17.1 Å². The van der Waals surface area contributed by atoms with Crippen molar-refractivity contribution in [1.82, 2.24) is 0 Å². The Balaban J connectivity index is 2.24. The van der Waals surface area contributed by atoms with Gasteiger partial charge in [0, 0.05) is 19.4 Å². The molecular formula is C15H19NO4. The standard InChI is InChI=1S/C15H19NO4/c1-15(2)9-10(16-8-4-7-13(18)19)14-11(17)5-3-6-12(14)20-15/h3,5-6,17H,4,7-9H2,1-2H3,(H,18,19). The van der Waals surface area contributed by atoms with E-state index < -0.39 is 5.97 Å². The van der Waals surface area contributed by atoms with Crippen molar-refractivity contribution in [2.24, 2.45) is 4.99 Å². The fraction of sp³-hybridized carbons (Fsp3) is 0.467. The fourth-order valence-electron chi connectivity index (χ4n) is 2.30. The van der Waals surface area contributed by atoms with E-state index in [1.807, 2.05) is 19.9 Å². The summed E-state index contributed by atoms with van der Waals surface area (Å²) < 4.78 is 5.84. The molecule has 2 rings (SSSR count). The quantitative estimate of drug-likeness (QED) is 0.829. The zero-order valence-corrected chi connectivity index (χ0v) is 11.7. The van der Waals surface area contributed by atoms with Crippen molar-refractivity contribution in [3.63, 3.8) is 0 Å². The Morgan fingerprint density at radius 1 is 1.45 bits per heavy atom. The Kier molecular flexibility index (Phi) is 3.97. The zero-order chi connectivity index (χ0) is 14.8. The molecule has 0 fully saturated rings. The van der Waals surface area contributed by atoms with Crippen LogP contribution in [-0.2, 0) is 4.79 Å². The number of aliphatic imine (C=N–C) groups is 1. The van der Waals surface area contributed by atoms with E-state index in [2.05, 4.69) is 4.99 Å². The monoisotopic (exact) mass is 277 g/mol. The number of fused-ring (bicyclic) bond motifs is 1. The summed E-state index contributed by atoms with van der Waals surface area (Å²) in [6.45, 7) is 4.37. The number of hydrogen-bond acceptors (Lipinski definition) is 4. The summed E-state index contributed by atoms with van der Waals surface area (Å²) in [6.07, 6.45) is 1.18. The summed E-state index contributed by atoms with van der Waals surface area (Å²) in [5, 5.41) is 18.6. The number of aliphatic carboxylic acids is 1. The summed E-state index contributed by atoms with van der Waals surface area (Å²) in [5.41, 5.74) is 1.02. The van der Waals surface area contributed by atoms with Crippen LogP contribution in [-0.4, -0.2) is 34.0 Å². The number of carboxylic acid groups (broad SMARTS) is 1. The minimum Gasteiger partial charge on any atom is -0.507 e. The van der Waals surface area contributed by atoms with E-state index in [4.69, 9.17) is 9.84 Å². The van der Waals surface area contributed by atoms with Crippen LogP contribution in [0.25, 0.3) is 0 Å². The van der Waals surface area contributed by atoms with Crippen LogP contribution < -0.4 is 4.74 Å². The molecule has 0 radical (unpaired) electrons. The number of phenolic OH excluding ortho intramolecular Hbond substituents is 1. The lowest BCUT2D eigenvalue weighted by molar-refractivity contribution is -0.137. The van der Waals surface area contributed by atoms with Gasteiger partial charge in [0.2, 0.25) is 0 Å². The molecule has 0 saturated heterocycles. The van der Waals surface area contributed by atoms with E-state index >= 15 is 0 Å². The number of phenols is 1. The highest BCUT2D eigenvalue weighted by Gasteiger charge is 2.32. The largest absolute Gasteiger partial charge is 0.507 e. The smallest absolute Gasteiger partial charge is 0.303 e. The number of nitrogens with zero attached hydrogens (tertiary/aromatic N) is 1. The fourth-order valence-corrected chi connectivity index (χ4v) is 2.30. The Hall–Kier alpha value is -2.04. The van der Waals surface area contributed by atoms with Crippen molar-refractivity contribution >= 4 is 11.7 Å². The van der Waals surface area contributed by atoms with Gasteiger partial charge in [0.25, 0.3) is 0 Å². The van der Waals surface area contributed by atoms with Gasteiger partial charge in [-0.25, -0.2) is 0 Å². The highest BCUT2D eigenvalue weighted by Crippen LogP contribution is 2.38. The third-order valence-corrected chi connectivity index (χ3v) is 3.12. The maximum absolute atomic E-state index is 10.5. The molecule has 0 unspecified atom stereocenters. The zero-order valence-electron chi connectivity index (χ0n) is 11.7. The van der Waals surface area contributed by atoms with Gasteiger partial charge in [-0.05, 0) is 32.4 Å². The van der Waals surface area contributed by atoms with Crippen molar-refractivity contribution in [2.75, 3.05) is 6.54 Å². The first-order valence-corrected chi connectivity index (χ1v) is 6.65. The van der Waals surface area contributed by atoms with Crippen LogP contribution >= 0.6 is 0 Å². The Morgan fingerprint density at radius 2 is 2.20 bits per heavy atom. The molecule has 5 nitrogen and oxygen atoms in total. The molecule has 1 aromatic rings. The highest BCUT2D eigenvalue weighted by molar-refractivity contribution is 6.06. The van der Waals surface area contributed by atoms with E-state index in [0.717, 1.165) is 5.71 Å². The summed E-state index contributed by atoms with van der Waals surface area (Å²) in [6, 6.07) is 5.15. The lowest BCUT2D eigenvalue weighted by atomic mass is 9.91. The number of rotatable bonds is 4. The number of benzene rings is 1. The van der Waals surface area contributed by atoms with Crippen LogP contribution in [0.1, 0.15) is 38.7 Å². The highest BCUT2D eigenvalue weighted by atomic mass is 16.5. The first-order valence-electron chi connectivity index (χ1n) is 6.65. The lowest BCUT2D eigenvalue weighted by Crippen LogP contribution is -2.36. The molecule has 0 spiro atoms. The maximum Gasteiger partial charge on any atom is 0.303 e. The van der Waals surface area contributed by atoms with Gasteiger partial charge in [0.15, 0.2) is 0 Å². The molecule has 1 aliphatic heterocycles. The molecule has 2 N–H and O–H groups in total. The molecule has 0 aromatic heterocycles. The molecule has 0 saturated carbocycles. The number of aromatic hydroxyl groups is 1. The second-order valence-corrected chi connectivity index (χ2v) is 5.51. The van der Waals surface area contributed by atoms with Crippen molar-refractivity contribution in [1.29, 1.82) is 0 Å². The molecule has 1 aliphatic rings. The van der Waals surface area contributed by atoms with Crippen LogP contribution in [0.4, 0.5) is 0 Å². The van der Waals surface area contributed by atoms with Gasteiger partial charge in [-0.2, -0.15) is 0 Å². The lowest BCUT2D eigenvalue weighted by Gasteiger charge is -2.33. The summed E-state index contributed by atoms with van der Waals surface area (Å²) in [7, 11) is 0. The average molecular weight is 277 g/mol. The van der Waals surface area contributed by atoms with Gasteiger partial charge in [-0.1, -0.05) is 6.07 Å². The van der Waals surface area contributed by atoms with Gasteiger partial charge in [0.05, 0.1) is 11.3 Å². The van der Waals surface area contributed by atoms with Gasteiger partial charge in [-0.15, -0.1) is 0 Å². The molecule has 0 atom stereocenters. The number of ether oxygens (including phenoxy) is 1. The van der Waals surface area contributed by atoms with E-state index in [1.54, 1.807) is 12.1 Å². The maximum atomic E-state index is 10.5. The van der Waals surface area contributed by atoms with E-state index in [9.17, 15) is 9.90 Å². The Bertz CT molecular complexity index is 549. The minimum atomic E-state index is -0.819. The minimum absolute atomic E-state index is 0.101. The van der Waals surface area contributed by atoms with Crippen LogP contribution in [0.5, 0.6) is 11.5 Å². The van der Waals surface area contributed by atoms with Crippen molar-refractivity contribution < 1.29 is 19.7 Å². The molecule has 5 heteroatoms. The second kappa shape index (κ2) is 5.53. The molecule has 20 heavy (non-hydrogen) atoms. The molecule has 108 valence electrons. The van der Waals surface area contributed by atoms with Crippen molar-refractivity contribution in [3.05, 3.63) is 23.8 Å². The van der Waals surface area contributed by atoms with Crippen LogP contribution in [0.2, 0.25) is 0 Å². The van der Waals surface area contributed by atoms with E-state index in [1.165, 1.54) is 0 Å². The van der Waals surface area contributed by atoms with Gasteiger partial charge in [-0.3, -0.25) is 9.79 Å². The molecule has 0 amide bonds. The first-order chi connectivity index (χ1) is 9.39. The van der Waals surface area contributed by atoms with Crippen LogP contribution in [0.3, 0.4) is 0 Å². The van der Waals surface area contributed by atoms with E-state index in [0.29, 0.717) is 30.7 Å². The first kappa shape index (κ1) is 14.4. The topological polar surface area (TPSA) is 79.1 Å². The normalized spacial score (nSPS) is 18.4. The summed E-state index contributed by atoms with van der Waals surface area (Å²) in [4.78, 5) is 15.0. The third kappa shape index (κ3) is 3.29. The predicted octanol–water partition coefficient (Wildman–Crippen LogP) is 2.61. The summed E-state index contributed by atoms with van der Waals surface area (Å²) >= 11 is 0. The SMILES string of the molecule is CC1(C)CC(=NCCCC(=O)O)c2c(O)cccc2O1. The van der Waals surface area contributed by atoms with Crippen molar-refractivity contribution in [2.45, 2.75) is 38.7 Å². The predicted molar refractivity (Wildman–Crippen MR) is 75.7 cm³/mol. The van der Waals surface area contributed by atoms with Gasteiger partial charge >= 0.3 is 5.97 Å². The average Bonchev–Trinajstić information content (AvgIpc) is 2.32. The molecule has 0 aliphatic carbocycles. The Labute approximate surface area is 117 Å². The van der Waals surface area contributed by atoms with E-state index in [-0.39, 0.29) is 17.8 Å². The molecule has 1 aromatic carbocycles. The molecular weight excluding hydrogens is 258 g/mol. The second-order valence-electron chi connectivity index (χ2n) is 5.51. The van der Waals surface area contributed by atoms with Crippen molar-refractivity contribution in [3.8, 4) is 11.5 Å². The summed E-state index contributed by atoms with van der Waals surface area (Å²) in [5.74, 6) is -0.0472. The number of carboxylic acids is 1. The Morgan fingerprint density at radius 3 is 2.90 bits per heavy atom.